The maximum Gasteiger partial charge on any atom is 0.270 e. The van der Waals surface area contributed by atoms with Gasteiger partial charge in [-0.1, -0.05) is 150 Å². The van der Waals surface area contributed by atoms with Gasteiger partial charge >= 0.3 is 0 Å². The predicted octanol–water partition coefficient (Wildman–Crippen LogP) is 10.7. The highest BCUT2D eigenvalue weighted by molar-refractivity contribution is 6.97. The average molecular weight is 717 g/mol. The Bertz CT molecular complexity index is 2600. The molecule has 0 amide bonds. The molecule has 4 nitrogen and oxygen atoms in total. The van der Waals surface area contributed by atoms with Gasteiger partial charge in [0.1, 0.15) is 11.3 Å². The number of furan rings is 1. The Morgan fingerprint density at radius 2 is 1.22 bits per heavy atom. The molecule has 8 aromatic rings. The van der Waals surface area contributed by atoms with E-state index in [1.807, 2.05) is 48.7 Å². The summed E-state index contributed by atoms with van der Waals surface area (Å²) in [6.45, 7) is 13.3. The second-order valence-corrected chi connectivity index (χ2v) is 16.5. The second-order valence-electron chi connectivity index (χ2n) is 16.5. The molecule has 5 heteroatoms. The zero-order valence-electron chi connectivity index (χ0n) is 32.3. The summed E-state index contributed by atoms with van der Waals surface area (Å²) in [5, 5.41) is 12.1. The number of benzene rings is 5. The Morgan fingerprint density at radius 1 is 0.545 bits per heavy atom. The molecule has 0 radical (unpaired) electrons. The van der Waals surface area contributed by atoms with E-state index < -0.39 is 0 Å². The number of pyridine rings is 2. The van der Waals surface area contributed by atoms with Crippen LogP contribution in [0, 0.1) is 0 Å². The predicted molar refractivity (Wildman–Crippen MR) is 230 cm³/mol. The molecule has 0 atom stereocenters. The smallest absolute Gasteiger partial charge is 0.270 e. The van der Waals surface area contributed by atoms with Crippen LogP contribution < -0.4 is 16.5 Å². The van der Waals surface area contributed by atoms with Gasteiger partial charge in [0.15, 0.2) is 0 Å². The molecule has 8 rings (SSSR count). The van der Waals surface area contributed by atoms with Crippen molar-refractivity contribution in [2.45, 2.75) is 52.4 Å². The number of aromatic hydroxyl groups is 1. The fourth-order valence-electron chi connectivity index (χ4n) is 7.45. The van der Waals surface area contributed by atoms with Crippen LogP contribution in [0.3, 0.4) is 0 Å². The van der Waals surface area contributed by atoms with Crippen molar-refractivity contribution >= 4 is 34.2 Å². The monoisotopic (exact) mass is 716 g/mol. The first-order valence-electron chi connectivity index (χ1n) is 19.0. The van der Waals surface area contributed by atoms with Crippen LogP contribution in [0.4, 0.5) is 0 Å². The summed E-state index contributed by atoms with van der Waals surface area (Å²) in [5.41, 5.74) is 13.9. The number of phenols is 1. The SMILES string of the molecule is CC(C)(C)c1cc(-c2cc(-c3cccc(B(c4ccccn4)c4c(-c5ccccc5)ccc5ccoc45)c3)nc(-c3ccccc3O)c2)cc(C(C)(C)C)c1. The Kier molecular flexibility index (Phi) is 9.26. The molecule has 0 fully saturated rings. The van der Waals surface area contributed by atoms with Crippen LogP contribution in [-0.2, 0) is 10.8 Å². The van der Waals surface area contributed by atoms with Crippen molar-refractivity contribution in [1.29, 1.82) is 0 Å². The van der Waals surface area contributed by atoms with Gasteiger partial charge < -0.3 is 9.52 Å². The summed E-state index contributed by atoms with van der Waals surface area (Å²) in [6, 6.07) is 50.3. The van der Waals surface area contributed by atoms with Gasteiger partial charge in [-0.3, -0.25) is 4.98 Å². The first kappa shape index (κ1) is 35.8. The molecule has 0 bridgehead atoms. The molecule has 0 saturated heterocycles. The highest BCUT2D eigenvalue weighted by Crippen LogP contribution is 2.38. The van der Waals surface area contributed by atoms with Gasteiger partial charge in [0.25, 0.3) is 6.71 Å². The molecule has 3 aromatic heterocycles. The molecule has 1 N–H and O–H groups in total. The standard InChI is InChI=1S/C50H45BN2O2/c1-49(2,3)38-27-36(28-39(32-38)50(4,5)6)37-30-43(53-44(31-37)42-19-10-11-20-45(42)54)35-17-14-18-40(29-35)51(46-21-12-13-25-52-46)47-41(33-15-8-7-9-16-33)23-22-34-24-26-55-48(34)47/h7-32,54H,1-6H3. The molecule has 3 heterocycles. The molecule has 270 valence electrons. The second kappa shape index (κ2) is 14.2. The largest absolute Gasteiger partial charge is 0.507 e. The van der Waals surface area contributed by atoms with Crippen molar-refractivity contribution in [1.82, 2.24) is 9.97 Å². The van der Waals surface area contributed by atoms with E-state index >= 15 is 0 Å². The number of nitrogens with zero attached hydrogens (tertiary/aromatic N) is 2. The minimum atomic E-state index is -0.246. The average Bonchev–Trinajstić information content (AvgIpc) is 3.68. The van der Waals surface area contributed by atoms with Crippen LogP contribution in [0.15, 0.2) is 162 Å². The summed E-state index contributed by atoms with van der Waals surface area (Å²) >= 11 is 0. The van der Waals surface area contributed by atoms with Crippen molar-refractivity contribution in [3.05, 3.63) is 169 Å². The van der Waals surface area contributed by atoms with E-state index in [4.69, 9.17) is 14.4 Å². The van der Waals surface area contributed by atoms with E-state index in [2.05, 4.69) is 139 Å². The van der Waals surface area contributed by atoms with Gasteiger partial charge in [0, 0.05) is 22.7 Å². The molecular weight excluding hydrogens is 671 g/mol. The van der Waals surface area contributed by atoms with E-state index in [1.165, 1.54) is 11.1 Å². The molecule has 0 spiro atoms. The number of fused-ring (bicyclic) bond motifs is 1. The Hall–Kier alpha value is -6.20. The Labute approximate surface area is 324 Å². The Morgan fingerprint density at radius 3 is 1.93 bits per heavy atom. The van der Waals surface area contributed by atoms with Crippen molar-refractivity contribution in [3.63, 3.8) is 0 Å². The molecule has 5 aromatic carbocycles. The molecule has 0 aliphatic carbocycles. The van der Waals surface area contributed by atoms with Crippen LogP contribution in [0.25, 0.3) is 55.7 Å². The highest BCUT2D eigenvalue weighted by Gasteiger charge is 2.30. The van der Waals surface area contributed by atoms with Gasteiger partial charge in [0.2, 0.25) is 0 Å². The summed E-state index contributed by atoms with van der Waals surface area (Å²) in [6.07, 6.45) is 3.63. The first-order valence-corrected chi connectivity index (χ1v) is 19.0. The topological polar surface area (TPSA) is 59.2 Å². The van der Waals surface area contributed by atoms with E-state index in [0.29, 0.717) is 11.3 Å². The van der Waals surface area contributed by atoms with Crippen LogP contribution in [0.5, 0.6) is 5.75 Å². The van der Waals surface area contributed by atoms with Gasteiger partial charge in [-0.2, -0.15) is 0 Å². The summed E-state index contributed by atoms with van der Waals surface area (Å²) in [7, 11) is 0. The summed E-state index contributed by atoms with van der Waals surface area (Å²) in [5.74, 6) is 0.195. The van der Waals surface area contributed by atoms with Crippen LogP contribution >= 0.6 is 0 Å². The summed E-state index contributed by atoms with van der Waals surface area (Å²) < 4.78 is 6.29. The van der Waals surface area contributed by atoms with E-state index in [1.54, 1.807) is 12.3 Å². The van der Waals surface area contributed by atoms with E-state index in [9.17, 15) is 5.11 Å². The van der Waals surface area contributed by atoms with Crippen molar-refractivity contribution in [3.8, 4) is 50.5 Å². The lowest BCUT2D eigenvalue weighted by Crippen LogP contribution is -2.54. The zero-order valence-corrected chi connectivity index (χ0v) is 32.3. The van der Waals surface area contributed by atoms with Gasteiger partial charge in [0.05, 0.1) is 17.7 Å². The number of hydrogen-bond donors (Lipinski definition) is 1. The van der Waals surface area contributed by atoms with Crippen molar-refractivity contribution < 1.29 is 9.52 Å². The minimum absolute atomic E-state index is 0.0450. The molecule has 55 heavy (non-hydrogen) atoms. The quantitative estimate of drug-likeness (QED) is 0.167. The fraction of sp³-hybridized carbons (Fsp3) is 0.160. The lowest BCUT2D eigenvalue weighted by Gasteiger charge is -2.26. The van der Waals surface area contributed by atoms with Crippen LogP contribution in [0.1, 0.15) is 52.7 Å². The van der Waals surface area contributed by atoms with Crippen molar-refractivity contribution in [2.75, 3.05) is 0 Å². The molecule has 0 aliphatic rings. The van der Waals surface area contributed by atoms with Gasteiger partial charge in [-0.25, -0.2) is 4.98 Å². The number of rotatable bonds is 7. The van der Waals surface area contributed by atoms with E-state index in [0.717, 1.165) is 61.0 Å². The molecule has 0 unspecified atom stereocenters. The molecule has 0 saturated carbocycles. The first-order chi connectivity index (χ1) is 26.4. The minimum Gasteiger partial charge on any atom is -0.507 e. The maximum absolute atomic E-state index is 11.1. The van der Waals surface area contributed by atoms with Crippen LogP contribution in [-0.4, -0.2) is 21.8 Å². The van der Waals surface area contributed by atoms with E-state index in [-0.39, 0.29) is 23.3 Å². The lowest BCUT2D eigenvalue weighted by atomic mass is 9.37. The normalized spacial score (nSPS) is 11.9. The van der Waals surface area contributed by atoms with Crippen LogP contribution in [0.2, 0.25) is 0 Å². The van der Waals surface area contributed by atoms with Gasteiger partial charge in [-0.05, 0) is 97.7 Å². The number of aromatic nitrogens is 2. The third-order valence-electron chi connectivity index (χ3n) is 10.5. The molecular formula is C50H45BN2O2. The van der Waals surface area contributed by atoms with Gasteiger partial charge in [-0.15, -0.1) is 0 Å². The third kappa shape index (κ3) is 7.23. The number of hydrogen-bond acceptors (Lipinski definition) is 4. The summed E-state index contributed by atoms with van der Waals surface area (Å²) in [4.78, 5) is 10.2. The fourth-order valence-corrected chi connectivity index (χ4v) is 7.45. The Balaban J connectivity index is 1.36. The zero-order chi connectivity index (χ0) is 38.3. The molecule has 0 aliphatic heterocycles. The maximum atomic E-state index is 11.1. The van der Waals surface area contributed by atoms with Crippen molar-refractivity contribution in [2.24, 2.45) is 0 Å². The lowest BCUT2D eigenvalue weighted by molar-refractivity contribution is 0.477. The highest BCUT2D eigenvalue weighted by atomic mass is 16.3. The number of phenolic OH excluding ortho intramolecular Hbond substituents is 1. The third-order valence-corrected chi connectivity index (χ3v) is 10.5. The number of para-hydroxylation sites is 1.